The minimum absolute atomic E-state index is 0.300. The molecular formula is C9H12ClN3O2S. The molecular weight excluding hydrogens is 250 g/mol. The molecule has 7 heteroatoms. The highest BCUT2D eigenvalue weighted by Crippen LogP contribution is 2.07. The van der Waals surface area contributed by atoms with Gasteiger partial charge in [-0.05, 0) is 13.8 Å². The van der Waals surface area contributed by atoms with Gasteiger partial charge in [-0.25, -0.2) is 9.78 Å². The number of aryl methyl sites for hydroxylation is 1. The van der Waals surface area contributed by atoms with Gasteiger partial charge in [-0.2, -0.15) is 0 Å². The zero-order valence-corrected chi connectivity index (χ0v) is 10.5. The second kappa shape index (κ2) is 5.81. The summed E-state index contributed by atoms with van der Waals surface area (Å²) in [5.74, 6) is -0.519. The van der Waals surface area contributed by atoms with Gasteiger partial charge in [-0.3, -0.25) is 10.1 Å². The number of nitrogens with one attached hydrogen (secondary N) is 2. The average molecular weight is 262 g/mol. The van der Waals surface area contributed by atoms with Gasteiger partial charge in [0.15, 0.2) is 0 Å². The highest BCUT2D eigenvalue weighted by molar-refractivity contribution is 7.09. The topological polar surface area (TPSA) is 71.1 Å². The van der Waals surface area contributed by atoms with E-state index in [0.717, 1.165) is 10.7 Å². The van der Waals surface area contributed by atoms with Crippen LogP contribution in [0.15, 0.2) is 5.38 Å². The number of halogens is 1. The van der Waals surface area contributed by atoms with Crippen molar-refractivity contribution in [3.05, 3.63) is 16.1 Å². The first-order chi connectivity index (χ1) is 7.49. The average Bonchev–Trinajstić information content (AvgIpc) is 2.61. The summed E-state index contributed by atoms with van der Waals surface area (Å²) >= 11 is 6.94. The van der Waals surface area contributed by atoms with Crippen LogP contribution in [0.1, 0.15) is 17.6 Å². The van der Waals surface area contributed by atoms with Crippen LogP contribution in [0.25, 0.3) is 0 Å². The maximum atomic E-state index is 11.2. The molecule has 0 bridgehead atoms. The van der Waals surface area contributed by atoms with Crippen molar-refractivity contribution in [3.8, 4) is 0 Å². The number of nitrogens with zero attached hydrogens (tertiary/aromatic N) is 1. The van der Waals surface area contributed by atoms with Gasteiger partial charge < -0.3 is 5.32 Å². The van der Waals surface area contributed by atoms with Crippen molar-refractivity contribution < 1.29 is 9.59 Å². The first kappa shape index (κ1) is 12.9. The smallest absolute Gasteiger partial charge is 0.321 e. The highest BCUT2D eigenvalue weighted by atomic mass is 35.5. The number of carbonyl (C=O) groups excluding carboxylic acids is 2. The lowest BCUT2D eigenvalue weighted by Gasteiger charge is -2.05. The zero-order chi connectivity index (χ0) is 12.1. The molecule has 1 rings (SSSR count). The lowest BCUT2D eigenvalue weighted by Crippen LogP contribution is -2.41. The van der Waals surface area contributed by atoms with Crippen LogP contribution in [0.2, 0.25) is 0 Å². The van der Waals surface area contributed by atoms with Crippen LogP contribution in [-0.4, -0.2) is 22.3 Å². The summed E-state index contributed by atoms with van der Waals surface area (Å²) in [5.41, 5.74) is 0.910. The quantitative estimate of drug-likeness (QED) is 0.808. The molecule has 0 saturated heterocycles. The summed E-state index contributed by atoms with van der Waals surface area (Å²) in [4.78, 5) is 26.4. The fourth-order valence-corrected chi connectivity index (χ4v) is 1.66. The van der Waals surface area contributed by atoms with E-state index in [4.69, 9.17) is 11.6 Å². The molecule has 3 amide bonds. The summed E-state index contributed by atoms with van der Waals surface area (Å²) in [6, 6.07) is -0.564. The van der Waals surface area contributed by atoms with Crippen molar-refractivity contribution >= 4 is 34.9 Å². The largest absolute Gasteiger partial charge is 0.331 e. The Hall–Kier alpha value is -1.14. The molecule has 1 atom stereocenters. The summed E-state index contributed by atoms with van der Waals surface area (Å²) in [6.45, 7) is 3.67. The van der Waals surface area contributed by atoms with Gasteiger partial charge in [-0.15, -0.1) is 22.9 Å². The summed E-state index contributed by atoms with van der Waals surface area (Å²) in [6.07, 6.45) is 0. The molecule has 0 aromatic carbocycles. The number of alkyl halides is 1. The van der Waals surface area contributed by atoms with Crippen molar-refractivity contribution in [3.63, 3.8) is 0 Å². The maximum Gasteiger partial charge on any atom is 0.321 e. The normalized spacial score (nSPS) is 11.9. The van der Waals surface area contributed by atoms with Crippen molar-refractivity contribution in [2.75, 3.05) is 0 Å². The summed E-state index contributed by atoms with van der Waals surface area (Å²) in [7, 11) is 0. The molecule has 0 fully saturated rings. The molecule has 0 aliphatic rings. The Balaban J connectivity index is 2.33. The number of carbonyl (C=O) groups is 2. The molecule has 2 N–H and O–H groups in total. The lowest BCUT2D eigenvalue weighted by molar-refractivity contribution is -0.119. The fourth-order valence-electron chi connectivity index (χ4n) is 0.895. The number of thiazole rings is 1. The van der Waals surface area contributed by atoms with Gasteiger partial charge in [0.25, 0.3) is 0 Å². The number of rotatable bonds is 3. The number of imide groups is 1. The second-order valence-corrected chi connectivity index (χ2v) is 4.77. The SMILES string of the molecule is Cc1csc(CNC(=O)NC(=O)C(C)Cl)n1. The first-order valence-electron chi connectivity index (χ1n) is 4.63. The standard InChI is InChI=1S/C9H12ClN3O2S/c1-5-4-16-7(12-5)3-11-9(15)13-8(14)6(2)10/h4,6H,3H2,1-2H3,(H2,11,13,14,15). The van der Waals surface area contributed by atoms with Crippen LogP contribution in [0.3, 0.4) is 0 Å². The van der Waals surface area contributed by atoms with Gasteiger partial charge in [0.1, 0.15) is 10.4 Å². The van der Waals surface area contributed by atoms with Crippen molar-refractivity contribution in [1.82, 2.24) is 15.6 Å². The number of amides is 3. The van der Waals surface area contributed by atoms with E-state index in [1.54, 1.807) is 0 Å². The van der Waals surface area contributed by atoms with Crippen LogP contribution in [0.4, 0.5) is 4.79 Å². The third kappa shape index (κ3) is 4.16. The third-order valence-electron chi connectivity index (χ3n) is 1.66. The highest BCUT2D eigenvalue weighted by Gasteiger charge is 2.12. The van der Waals surface area contributed by atoms with E-state index in [2.05, 4.69) is 15.6 Å². The molecule has 16 heavy (non-hydrogen) atoms. The molecule has 1 aromatic rings. The Labute approximate surface area is 102 Å². The number of urea groups is 1. The van der Waals surface area contributed by atoms with Gasteiger partial charge in [0, 0.05) is 11.1 Å². The van der Waals surface area contributed by atoms with Crippen molar-refractivity contribution in [2.45, 2.75) is 25.8 Å². The summed E-state index contributed by atoms with van der Waals surface area (Å²) in [5, 5.41) is 6.58. The van der Waals surface area contributed by atoms with Crippen LogP contribution < -0.4 is 10.6 Å². The predicted molar refractivity (Wildman–Crippen MR) is 62.5 cm³/mol. The van der Waals surface area contributed by atoms with Gasteiger partial charge in [0.05, 0.1) is 6.54 Å². The molecule has 0 saturated carbocycles. The van der Waals surface area contributed by atoms with Crippen LogP contribution in [0.5, 0.6) is 0 Å². The van der Waals surface area contributed by atoms with E-state index < -0.39 is 17.3 Å². The molecule has 0 aliphatic heterocycles. The number of aromatic nitrogens is 1. The van der Waals surface area contributed by atoms with Crippen LogP contribution in [-0.2, 0) is 11.3 Å². The molecule has 5 nitrogen and oxygen atoms in total. The Morgan fingerprint density at radius 3 is 2.81 bits per heavy atom. The Morgan fingerprint density at radius 2 is 2.31 bits per heavy atom. The van der Waals surface area contributed by atoms with E-state index in [-0.39, 0.29) is 0 Å². The molecule has 1 heterocycles. The fraction of sp³-hybridized carbons (Fsp3) is 0.444. The van der Waals surface area contributed by atoms with E-state index in [0.29, 0.717) is 6.54 Å². The van der Waals surface area contributed by atoms with Gasteiger partial charge >= 0.3 is 6.03 Å². The summed E-state index contributed by atoms with van der Waals surface area (Å²) < 4.78 is 0. The molecule has 0 radical (unpaired) electrons. The molecule has 1 unspecified atom stereocenters. The van der Waals surface area contributed by atoms with Crippen LogP contribution >= 0.6 is 22.9 Å². The van der Waals surface area contributed by atoms with E-state index in [1.807, 2.05) is 12.3 Å². The lowest BCUT2D eigenvalue weighted by atomic mass is 10.4. The Kier molecular flexibility index (Phi) is 4.70. The van der Waals surface area contributed by atoms with Gasteiger partial charge in [0.2, 0.25) is 5.91 Å². The maximum absolute atomic E-state index is 11.2. The Bertz CT molecular complexity index is 392. The molecule has 1 aromatic heterocycles. The number of hydrogen-bond donors (Lipinski definition) is 2. The van der Waals surface area contributed by atoms with Crippen molar-refractivity contribution in [1.29, 1.82) is 0 Å². The Morgan fingerprint density at radius 1 is 1.62 bits per heavy atom. The minimum atomic E-state index is -0.729. The first-order valence-corrected chi connectivity index (χ1v) is 5.94. The van der Waals surface area contributed by atoms with E-state index in [1.165, 1.54) is 18.3 Å². The van der Waals surface area contributed by atoms with Crippen molar-refractivity contribution in [2.24, 2.45) is 0 Å². The third-order valence-corrected chi connectivity index (χ3v) is 2.83. The number of hydrogen-bond acceptors (Lipinski definition) is 4. The molecule has 88 valence electrons. The van der Waals surface area contributed by atoms with E-state index in [9.17, 15) is 9.59 Å². The van der Waals surface area contributed by atoms with E-state index >= 15 is 0 Å². The second-order valence-electron chi connectivity index (χ2n) is 3.17. The van der Waals surface area contributed by atoms with Crippen LogP contribution in [0, 0.1) is 6.92 Å². The predicted octanol–water partition coefficient (Wildman–Crippen LogP) is 1.40. The minimum Gasteiger partial charge on any atom is -0.331 e. The van der Waals surface area contributed by atoms with Gasteiger partial charge in [-0.1, -0.05) is 0 Å². The monoisotopic (exact) mass is 261 g/mol. The molecule has 0 aliphatic carbocycles. The zero-order valence-electron chi connectivity index (χ0n) is 8.91. The molecule has 0 spiro atoms.